The van der Waals surface area contributed by atoms with Gasteiger partial charge in [-0.15, -0.1) is 0 Å². The van der Waals surface area contributed by atoms with Gasteiger partial charge in [0.05, 0.1) is 79.4 Å². The van der Waals surface area contributed by atoms with Crippen molar-refractivity contribution in [2.24, 2.45) is 0 Å². The van der Waals surface area contributed by atoms with Crippen LogP contribution in [0, 0.1) is 13.8 Å². The highest BCUT2D eigenvalue weighted by atomic mass is 14.8. The predicted molar refractivity (Wildman–Crippen MR) is 455 cm³/mol. The lowest BCUT2D eigenvalue weighted by Gasteiger charge is -2.14. The minimum atomic E-state index is 0.782. The van der Waals surface area contributed by atoms with Gasteiger partial charge in [0, 0.05) is 66.3 Å². The summed E-state index contributed by atoms with van der Waals surface area (Å²) in [6.07, 6.45) is 32.1. The van der Waals surface area contributed by atoms with Gasteiger partial charge in [-0.05, 0) is 328 Å². The monoisotopic (exact) mass is 1410 g/mol. The maximum absolute atomic E-state index is 6.08. The van der Waals surface area contributed by atoms with Gasteiger partial charge in [-0.2, -0.15) is 0 Å². The van der Waals surface area contributed by atoms with Crippen LogP contribution in [0.2, 0.25) is 0 Å². The molecule has 0 saturated heterocycles. The molecule has 24 bridgehead atoms. The Bertz CT molecular complexity index is 5810. The van der Waals surface area contributed by atoms with Gasteiger partial charge >= 0.3 is 0 Å². The molecule has 12 nitrogen and oxygen atoms in total. The Hall–Kier alpha value is -11.8. The minimum absolute atomic E-state index is 0.782. The number of aryl methyl sites for hydroxylation is 8. The molecule has 0 spiro atoms. The normalized spacial score (nSPS) is 13.2. The molecule has 9 aromatic heterocycles. The molecule has 6 aliphatic rings. The van der Waals surface area contributed by atoms with E-state index in [0.717, 1.165) is 248 Å². The Kier molecular flexibility index (Phi) is 19.2. The first-order valence-electron chi connectivity index (χ1n) is 39.4. The Morgan fingerprint density at radius 3 is 0.963 bits per heavy atom. The summed E-state index contributed by atoms with van der Waals surface area (Å²) in [4.78, 5) is 55.7. The first-order chi connectivity index (χ1) is 52.9. The van der Waals surface area contributed by atoms with Crippen LogP contribution in [-0.2, 0) is 38.5 Å². The van der Waals surface area contributed by atoms with E-state index in [4.69, 9.17) is 29.9 Å². The summed E-state index contributed by atoms with van der Waals surface area (Å²) < 4.78 is 0. The van der Waals surface area contributed by atoms with Gasteiger partial charge in [-0.25, -0.2) is 29.9 Å². The third kappa shape index (κ3) is 14.0. The van der Waals surface area contributed by atoms with Gasteiger partial charge in [-0.3, -0.25) is 0 Å². The molecule has 6 N–H and O–H groups in total. The fourth-order valence-corrected chi connectivity index (χ4v) is 16.8. The van der Waals surface area contributed by atoms with Crippen molar-refractivity contribution >= 4 is 137 Å². The number of H-pyrrole nitrogens is 6. The maximum Gasteiger partial charge on any atom is 0.0769 e. The van der Waals surface area contributed by atoms with Gasteiger partial charge in [0.15, 0.2) is 0 Å². The van der Waals surface area contributed by atoms with E-state index in [0.29, 0.717) is 0 Å². The molecule has 12 heteroatoms. The van der Waals surface area contributed by atoms with Crippen molar-refractivity contribution in [2.75, 3.05) is 0 Å². The molecule has 0 unspecified atom stereocenters. The summed E-state index contributed by atoms with van der Waals surface area (Å²) in [6, 6.07) is 53.3. The molecule has 17 rings (SSSR count). The molecule has 0 fully saturated rings. The zero-order chi connectivity index (χ0) is 73.5. The average molecular weight is 1420 g/mol. The van der Waals surface area contributed by atoms with Crippen molar-refractivity contribution in [1.29, 1.82) is 0 Å². The van der Waals surface area contributed by atoms with Crippen LogP contribution in [0.5, 0.6) is 0 Å². The summed E-state index contributed by atoms with van der Waals surface area (Å²) in [6.45, 7) is 18.7. The molecule has 0 radical (unpaired) electrons. The molecule has 6 aliphatic heterocycles. The SMILES string of the molecule is CCCCC1=C(C)c2nc1cc1[nH]c(c(C)c1CCCC)c(-c1ccccc1CCc1cc3cc4nc(cc5ccc(cc6nc(cc1[nH]3)C=C6)[nH]5)C=C4)c1nc(cc3[nH]c(c(C)c3CCCC)c2-c2ccccc2CCc2cc3cc4nc(cc5ccc(cc6nc(cc2[nH]3)C=C6)[nH]5)C=C4)C(CCCC)=C1C. The number of fused-ring (bicyclic) bond motifs is 24. The second kappa shape index (κ2) is 29.9. The third-order valence-electron chi connectivity index (χ3n) is 22.6. The molecule has 538 valence electrons. The number of hydrogen-bond acceptors (Lipinski definition) is 6. The van der Waals surface area contributed by atoms with Crippen LogP contribution in [-0.4, -0.2) is 59.8 Å². The molecular weight excluding hydrogens is 1320 g/mol. The summed E-state index contributed by atoms with van der Waals surface area (Å²) in [5.74, 6) is 0. The molecule has 108 heavy (non-hydrogen) atoms. The first kappa shape index (κ1) is 69.3. The van der Waals surface area contributed by atoms with E-state index in [9.17, 15) is 0 Å². The van der Waals surface area contributed by atoms with E-state index in [1.165, 1.54) is 77.9 Å². The van der Waals surface area contributed by atoms with Crippen LogP contribution >= 0.6 is 0 Å². The number of aromatic amines is 6. The lowest BCUT2D eigenvalue weighted by molar-refractivity contribution is 0.796. The third-order valence-corrected chi connectivity index (χ3v) is 22.6. The molecule has 2 aromatic carbocycles. The zero-order valence-electron chi connectivity index (χ0n) is 63.5. The van der Waals surface area contributed by atoms with Crippen LogP contribution in [0.3, 0.4) is 0 Å². The van der Waals surface area contributed by atoms with Crippen LogP contribution in [0.25, 0.3) is 159 Å². The Morgan fingerprint density at radius 1 is 0.278 bits per heavy atom. The molecule has 0 aliphatic carbocycles. The minimum Gasteiger partial charge on any atom is -0.355 e. The van der Waals surface area contributed by atoms with Crippen molar-refractivity contribution in [3.63, 3.8) is 0 Å². The van der Waals surface area contributed by atoms with E-state index in [1.807, 2.05) is 0 Å². The standard InChI is InChI=1S/C96H94N12/c1-9-13-23-79-57(5)93-91(83-27-19-17-21-61(83)29-31-63-45-77-51-73-39-37-69(99-73)47-65-33-35-67(97-65)49-71-41-43-75(101-71)53-85(63)103-77)94-59(7)81(25-15-11-3)89(107-94)56-90-82(26-16-12-4)60(8)96(108-90)92(95-58(6)80(24-14-10-2)88(106-95)55-87(79)105-93)84-28-20-18-22-62(84)30-32-64-46-78-52-74-40-38-70(100-74)48-66-34-36-68(98-66)50-72-42-44-76(102-72)54-86(64)104-78/h17-22,27-28,33-56,97-98,103-105,108H,9-16,23-26,29-32H2,1-8H3. The Balaban J connectivity index is 0.861. The maximum atomic E-state index is 6.08. The summed E-state index contributed by atoms with van der Waals surface area (Å²) in [7, 11) is 0. The van der Waals surface area contributed by atoms with Gasteiger partial charge in [0.25, 0.3) is 0 Å². The molecular formula is C96H94N12. The number of nitrogens with one attached hydrogen (secondary N) is 6. The smallest absolute Gasteiger partial charge is 0.0769 e. The summed E-state index contributed by atoms with van der Waals surface area (Å²) in [5.41, 5.74) is 43.9. The first-order valence-corrected chi connectivity index (χ1v) is 39.4. The lowest BCUT2D eigenvalue weighted by Crippen LogP contribution is -1.97. The fraction of sp³-hybridized carbons (Fsp3) is 0.250. The second-order valence-corrected chi connectivity index (χ2v) is 30.1. The van der Waals surface area contributed by atoms with Gasteiger partial charge in [0.2, 0.25) is 0 Å². The number of rotatable bonds is 20. The van der Waals surface area contributed by atoms with Gasteiger partial charge < -0.3 is 29.9 Å². The van der Waals surface area contributed by atoms with Crippen molar-refractivity contribution < 1.29 is 0 Å². The van der Waals surface area contributed by atoms with Crippen LogP contribution < -0.4 is 0 Å². The van der Waals surface area contributed by atoms with Crippen LogP contribution in [0.1, 0.15) is 219 Å². The lowest BCUT2D eigenvalue weighted by atomic mass is 9.90. The predicted octanol–water partition coefficient (Wildman–Crippen LogP) is 24.7. The highest BCUT2D eigenvalue weighted by molar-refractivity contribution is 6.04. The topological polar surface area (TPSA) is 172 Å². The summed E-state index contributed by atoms with van der Waals surface area (Å²) in [5, 5.41) is 0. The van der Waals surface area contributed by atoms with E-state index in [-0.39, 0.29) is 0 Å². The number of hydrogen-bond donors (Lipinski definition) is 6. The van der Waals surface area contributed by atoms with Gasteiger partial charge in [-0.1, -0.05) is 102 Å². The zero-order valence-corrected chi connectivity index (χ0v) is 63.5. The second-order valence-electron chi connectivity index (χ2n) is 30.1. The fourth-order valence-electron chi connectivity index (χ4n) is 16.8. The van der Waals surface area contributed by atoms with Crippen LogP contribution in [0.15, 0.2) is 146 Å². The molecule has 0 atom stereocenters. The highest BCUT2D eigenvalue weighted by Crippen LogP contribution is 2.46. The largest absolute Gasteiger partial charge is 0.355 e. The van der Waals surface area contributed by atoms with Crippen molar-refractivity contribution in [2.45, 2.75) is 158 Å². The quantitative estimate of drug-likeness (QED) is 0.0443. The molecule has 11 aromatic rings. The molecule has 0 amide bonds. The average Bonchev–Trinajstić information content (AvgIpc) is 1.59. The van der Waals surface area contributed by atoms with E-state index in [2.05, 4.69) is 279 Å². The number of allylic oxidation sites excluding steroid dienone is 4. The van der Waals surface area contributed by atoms with Gasteiger partial charge in [0.1, 0.15) is 0 Å². The van der Waals surface area contributed by atoms with Crippen molar-refractivity contribution in [3.05, 3.63) is 258 Å². The number of unbranched alkanes of at least 4 members (excludes halogenated alkanes) is 4. The summed E-state index contributed by atoms with van der Waals surface area (Å²) >= 11 is 0. The highest BCUT2D eigenvalue weighted by Gasteiger charge is 2.29. The molecule has 15 heterocycles. The van der Waals surface area contributed by atoms with E-state index < -0.39 is 0 Å². The number of aromatic nitrogens is 12. The van der Waals surface area contributed by atoms with Crippen molar-refractivity contribution in [1.82, 2.24) is 59.8 Å². The number of nitrogens with zero attached hydrogens (tertiary/aromatic N) is 6. The van der Waals surface area contributed by atoms with Crippen LogP contribution in [0.4, 0.5) is 0 Å². The Labute approximate surface area is 632 Å². The number of benzene rings is 2. The van der Waals surface area contributed by atoms with E-state index >= 15 is 0 Å². The van der Waals surface area contributed by atoms with E-state index in [1.54, 1.807) is 0 Å². The Morgan fingerprint density at radius 2 is 0.602 bits per heavy atom. The molecule has 0 saturated carbocycles. The van der Waals surface area contributed by atoms with Crippen molar-refractivity contribution in [3.8, 4) is 22.3 Å².